The number of anilines is 3. The molecular weight excluding hydrogens is 844 g/mol. The number of amidine groups is 1. The van der Waals surface area contributed by atoms with Crippen LogP contribution in [0.1, 0.15) is 89.5 Å². The summed E-state index contributed by atoms with van der Waals surface area (Å²) < 4.78 is 24.5. The van der Waals surface area contributed by atoms with Gasteiger partial charge in [-0.05, 0) is 54.4 Å². The molecule has 0 aliphatic carbocycles. The summed E-state index contributed by atoms with van der Waals surface area (Å²) in [6.45, 7) is 2.37. The van der Waals surface area contributed by atoms with Crippen LogP contribution >= 0.6 is 58.2 Å². The van der Waals surface area contributed by atoms with Gasteiger partial charge in [0.15, 0.2) is 0 Å². The van der Waals surface area contributed by atoms with E-state index in [1.165, 1.54) is 72.8 Å². The van der Waals surface area contributed by atoms with E-state index in [-0.39, 0.29) is 39.0 Å². The van der Waals surface area contributed by atoms with Crippen molar-refractivity contribution in [2.75, 3.05) is 14.6 Å². The number of benzene rings is 4. The number of nitrogens with one attached hydrogen (secondary N) is 2. The Balaban J connectivity index is 1.34. The second kappa shape index (κ2) is 22.8. The van der Waals surface area contributed by atoms with Gasteiger partial charge in [0, 0.05) is 22.0 Å². The summed E-state index contributed by atoms with van der Waals surface area (Å²) in [5, 5.41) is 3.98. The Hall–Kier alpha value is -3.29. The number of nitrogens with zero attached hydrogens (tertiary/aromatic N) is 3. The van der Waals surface area contributed by atoms with Crippen LogP contribution in [0, 0.1) is 0 Å². The molecule has 2 atom stereocenters. The summed E-state index contributed by atoms with van der Waals surface area (Å²) in [6.07, 6.45) is 13.6. The Bertz CT molecular complexity index is 2020. The average Bonchev–Trinajstić information content (AvgIpc) is 3.47. The highest BCUT2D eigenvalue weighted by Crippen LogP contribution is 2.42. The molecule has 0 bridgehead atoms. The summed E-state index contributed by atoms with van der Waals surface area (Å²) in [6, 6.07) is 24.3. The van der Waals surface area contributed by atoms with Crippen LogP contribution in [0.5, 0.6) is 0 Å². The van der Waals surface area contributed by atoms with E-state index in [1.807, 2.05) is 30.3 Å². The van der Waals surface area contributed by atoms with Gasteiger partial charge in [0.25, 0.3) is 17.2 Å². The van der Waals surface area contributed by atoms with Crippen molar-refractivity contribution in [1.82, 2.24) is 5.43 Å². The predicted molar refractivity (Wildman–Crippen MR) is 240 cm³/mol. The summed E-state index contributed by atoms with van der Waals surface area (Å²) in [5.41, 5.74) is 5.31. The molecule has 0 spiro atoms. The number of hydrogen-bond acceptors (Lipinski definition) is 5. The number of hydrogen-bond donors (Lipinski definition) is 3. The summed E-state index contributed by atoms with van der Waals surface area (Å²) in [5.74, 6) is -0.384. The Morgan fingerprint density at radius 2 is 1.46 bits per heavy atom. The van der Waals surface area contributed by atoms with Crippen molar-refractivity contribution < 1.29 is 18.4 Å². The lowest BCUT2D eigenvalue weighted by Crippen LogP contribution is -2.36. The van der Waals surface area contributed by atoms with Crippen LogP contribution in [0.2, 0.25) is 20.1 Å². The Labute approximate surface area is 362 Å². The zero-order chi connectivity index (χ0) is 40.7. The molecule has 1 heterocycles. The molecule has 15 heteroatoms. The van der Waals surface area contributed by atoms with Crippen molar-refractivity contribution in [3.8, 4) is 0 Å². The molecule has 5 rings (SSSR count). The van der Waals surface area contributed by atoms with Gasteiger partial charge in [-0.15, -0.1) is 11.8 Å². The molecule has 2 unspecified atom stereocenters. The average molecular weight is 892 g/mol. The van der Waals surface area contributed by atoms with Crippen molar-refractivity contribution in [2.45, 2.75) is 101 Å². The normalized spacial score (nSPS) is 15.2. The maximum absolute atomic E-state index is 14.3. The number of thioether (sulfide) groups is 1. The minimum absolute atomic E-state index is 0.106. The predicted octanol–water partition coefficient (Wildman–Crippen LogP) is 12.8. The molecule has 4 aromatic rings. The Morgan fingerprint density at radius 1 is 0.842 bits per heavy atom. The van der Waals surface area contributed by atoms with Crippen LogP contribution in [0.4, 0.5) is 22.7 Å². The first kappa shape index (κ1) is 44.8. The van der Waals surface area contributed by atoms with E-state index in [4.69, 9.17) is 51.4 Å². The topological polar surface area (TPSA) is 114 Å². The Kier molecular flexibility index (Phi) is 17.9. The van der Waals surface area contributed by atoms with Gasteiger partial charge in [-0.1, -0.05) is 160 Å². The number of aliphatic imine (C=N–C) groups is 1. The molecule has 1 aliphatic heterocycles. The van der Waals surface area contributed by atoms with Crippen molar-refractivity contribution in [1.29, 1.82) is 0 Å². The number of hydrazine groups is 1. The number of carbonyl (C=O) groups excluding carboxylic acids is 2. The fourth-order valence-electron chi connectivity index (χ4n) is 6.41. The molecule has 304 valence electrons. The number of halogens is 4. The van der Waals surface area contributed by atoms with E-state index >= 15 is 0 Å². The van der Waals surface area contributed by atoms with Crippen LogP contribution in [-0.2, 0) is 27.4 Å². The maximum Gasteiger partial charge on any atom is 0.267 e. The molecule has 2 amide bonds. The first-order chi connectivity index (χ1) is 27.5. The van der Waals surface area contributed by atoms with Crippen molar-refractivity contribution in [2.24, 2.45) is 4.99 Å². The molecule has 57 heavy (non-hydrogen) atoms. The minimum Gasteiger partial charge on any atom is -0.326 e. The van der Waals surface area contributed by atoms with Crippen LogP contribution in [0.25, 0.3) is 0 Å². The maximum atomic E-state index is 14.3. The summed E-state index contributed by atoms with van der Waals surface area (Å²) in [4.78, 5) is 32.6. The highest BCUT2D eigenvalue weighted by atomic mass is 35.5. The third-order valence-corrected chi connectivity index (χ3v) is 12.4. The quantitative estimate of drug-likeness (QED) is 0.0567. The number of rotatable bonds is 21. The number of unbranched alkanes of at least 4 members (excludes halogenated alkanes) is 10. The van der Waals surface area contributed by atoms with Crippen molar-refractivity contribution in [3.05, 3.63) is 111 Å². The lowest BCUT2D eigenvalue weighted by molar-refractivity contribution is -0.117. The first-order valence-corrected chi connectivity index (χ1v) is 22.6. The van der Waals surface area contributed by atoms with E-state index < -0.39 is 22.4 Å². The summed E-state index contributed by atoms with van der Waals surface area (Å²) in [7, 11) is 0. The molecule has 4 aromatic carbocycles. The van der Waals surface area contributed by atoms with Crippen molar-refractivity contribution >= 4 is 110 Å². The Morgan fingerprint density at radius 3 is 2.11 bits per heavy atom. The highest BCUT2D eigenvalue weighted by Gasteiger charge is 2.41. The van der Waals surface area contributed by atoms with Crippen LogP contribution in [0.15, 0.2) is 94.8 Å². The third kappa shape index (κ3) is 13.1. The van der Waals surface area contributed by atoms with E-state index in [1.54, 1.807) is 42.5 Å². The number of para-hydroxylation sites is 1. The molecule has 0 aromatic heterocycles. The molecule has 9 nitrogen and oxygen atoms in total. The van der Waals surface area contributed by atoms with Gasteiger partial charge in [0.2, 0.25) is 5.91 Å². The fourth-order valence-corrected chi connectivity index (χ4v) is 9.33. The standard InChI is InChI=1S/C42H47Cl4N5O4S2/c1-2-3-4-5-6-7-8-9-10-11-15-22-38(52)47-31-23-24-32(44)35(27-31)48-41-40(42(53)51(49-41)39-33(45)25-30(43)26-34(39)46)56-37-21-17-16-20-36(37)50(57(54)55)28-29-18-13-12-14-19-29/h12-14,16-21,23-27,40H,2-11,15,22,28H2,1H3,(H,47,52)(H,48,49)(H,54,55). The van der Waals surface area contributed by atoms with E-state index in [0.29, 0.717) is 33.4 Å². The van der Waals surface area contributed by atoms with Crippen LogP contribution in [0.3, 0.4) is 0 Å². The largest absolute Gasteiger partial charge is 0.326 e. The SMILES string of the molecule is CCCCCCCCCCCCCC(=O)Nc1ccc(Cl)c(N=C2NN(c3c(Cl)cc(Cl)cc3Cl)C(=O)C2Sc2ccccc2N(Cc2ccccc2)S(=O)O)c1. The lowest BCUT2D eigenvalue weighted by Gasteiger charge is -2.23. The molecule has 0 radical (unpaired) electrons. The fraction of sp³-hybridized carbons (Fsp3) is 0.357. The van der Waals surface area contributed by atoms with Crippen LogP contribution in [-0.4, -0.2) is 31.7 Å². The van der Waals surface area contributed by atoms with E-state index in [2.05, 4.69) is 17.7 Å². The number of amides is 2. The summed E-state index contributed by atoms with van der Waals surface area (Å²) >= 11 is 24.8. The molecule has 1 aliphatic rings. The van der Waals surface area contributed by atoms with Gasteiger partial charge in [-0.25, -0.2) is 14.2 Å². The van der Waals surface area contributed by atoms with E-state index in [9.17, 15) is 18.4 Å². The lowest BCUT2D eigenvalue weighted by atomic mass is 10.1. The molecule has 0 saturated carbocycles. The first-order valence-electron chi connectivity index (χ1n) is 19.2. The van der Waals surface area contributed by atoms with Gasteiger partial charge >= 0.3 is 0 Å². The van der Waals surface area contributed by atoms with Crippen molar-refractivity contribution in [3.63, 3.8) is 0 Å². The third-order valence-electron chi connectivity index (χ3n) is 9.34. The second-order valence-corrected chi connectivity index (χ2v) is 17.4. The monoisotopic (exact) mass is 889 g/mol. The molecule has 1 saturated heterocycles. The minimum atomic E-state index is -2.40. The molecule has 3 N–H and O–H groups in total. The van der Waals surface area contributed by atoms with Gasteiger partial charge in [0.05, 0.1) is 33.0 Å². The van der Waals surface area contributed by atoms with Gasteiger partial charge in [-0.2, -0.15) is 0 Å². The zero-order valence-electron chi connectivity index (χ0n) is 31.7. The zero-order valence-corrected chi connectivity index (χ0v) is 36.4. The van der Waals surface area contributed by atoms with Crippen LogP contribution < -0.4 is 20.1 Å². The van der Waals surface area contributed by atoms with Gasteiger partial charge in [-0.3, -0.25) is 23.9 Å². The smallest absolute Gasteiger partial charge is 0.267 e. The van der Waals surface area contributed by atoms with Gasteiger partial charge in [0.1, 0.15) is 16.8 Å². The number of carbonyl (C=O) groups is 2. The highest BCUT2D eigenvalue weighted by molar-refractivity contribution is 8.01. The van der Waals surface area contributed by atoms with E-state index in [0.717, 1.165) is 36.6 Å². The molecule has 1 fully saturated rings. The second-order valence-electron chi connectivity index (χ2n) is 13.7. The molecular formula is C42H47Cl4N5O4S2. The van der Waals surface area contributed by atoms with Gasteiger partial charge < -0.3 is 5.32 Å².